The summed E-state index contributed by atoms with van der Waals surface area (Å²) in [6.07, 6.45) is 2.38. The number of para-hydroxylation sites is 1. The molecule has 0 aromatic heterocycles. The second-order valence-electron chi connectivity index (χ2n) is 13.3. The van der Waals surface area contributed by atoms with E-state index in [4.69, 9.17) is 0 Å². The van der Waals surface area contributed by atoms with Crippen molar-refractivity contribution < 1.29 is 0 Å². The van der Waals surface area contributed by atoms with Crippen LogP contribution in [0, 0.1) is 6.92 Å². The second-order valence-corrected chi connectivity index (χ2v) is 13.3. The average molecular weight is 546 g/mol. The molecule has 0 spiro atoms. The van der Waals surface area contributed by atoms with Gasteiger partial charge in [0.25, 0.3) is 0 Å². The van der Waals surface area contributed by atoms with Crippen molar-refractivity contribution in [3.63, 3.8) is 0 Å². The standard InChI is InChI=1S/C41H39N/c1-28-19-24-37-38(41(4,5)26-25-40(37,2)3)39(28)42(31-14-7-6-8-15-31)32-22-20-29(21-23-32)36-27-30-13-9-10-16-33(30)34-17-11-12-18-35(34)36/h6-24,27H,25-26H2,1-5H3. The van der Waals surface area contributed by atoms with Crippen LogP contribution in [-0.2, 0) is 10.8 Å². The molecule has 1 aliphatic carbocycles. The van der Waals surface area contributed by atoms with E-state index in [1.807, 2.05) is 0 Å². The zero-order valence-electron chi connectivity index (χ0n) is 25.4. The van der Waals surface area contributed by atoms with Crippen LogP contribution in [0.5, 0.6) is 0 Å². The van der Waals surface area contributed by atoms with E-state index in [1.165, 1.54) is 79.3 Å². The molecule has 0 heterocycles. The molecule has 6 aromatic carbocycles. The Labute approximate surface area is 250 Å². The molecule has 0 amide bonds. The zero-order valence-corrected chi connectivity index (χ0v) is 25.4. The highest BCUT2D eigenvalue weighted by Gasteiger charge is 2.40. The van der Waals surface area contributed by atoms with Crippen molar-refractivity contribution in [3.8, 4) is 11.1 Å². The lowest BCUT2D eigenvalue weighted by Crippen LogP contribution is -2.35. The number of anilines is 3. The minimum atomic E-state index is 0.0865. The average Bonchev–Trinajstić information content (AvgIpc) is 3.01. The maximum absolute atomic E-state index is 2.50. The first kappa shape index (κ1) is 26.5. The first-order valence-electron chi connectivity index (χ1n) is 15.3. The highest BCUT2D eigenvalue weighted by molar-refractivity contribution is 6.13. The van der Waals surface area contributed by atoms with E-state index in [0.717, 1.165) is 0 Å². The molecule has 0 saturated heterocycles. The van der Waals surface area contributed by atoms with E-state index in [9.17, 15) is 0 Å². The summed E-state index contributed by atoms with van der Waals surface area (Å²) in [6.45, 7) is 12.0. The van der Waals surface area contributed by atoms with Crippen LogP contribution >= 0.6 is 0 Å². The SMILES string of the molecule is Cc1ccc2c(c1N(c1ccccc1)c1ccc(-c3cc4ccccc4c4ccccc34)cc1)C(C)(C)CCC2(C)C. The van der Waals surface area contributed by atoms with Crippen molar-refractivity contribution >= 4 is 38.6 Å². The van der Waals surface area contributed by atoms with Crippen molar-refractivity contribution in [2.75, 3.05) is 4.90 Å². The van der Waals surface area contributed by atoms with Gasteiger partial charge < -0.3 is 4.90 Å². The summed E-state index contributed by atoms with van der Waals surface area (Å²) in [5.41, 5.74) is 10.8. The lowest BCUT2D eigenvalue weighted by Gasteiger charge is -2.45. The fourth-order valence-electron chi connectivity index (χ4n) is 7.18. The van der Waals surface area contributed by atoms with Crippen LogP contribution in [0.4, 0.5) is 17.1 Å². The monoisotopic (exact) mass is 545 g/mol. The maximum atomic E-state index is 2.50. The molecule has 42 heavy (non-hydrogen) atoms. The third kappa shape index (κ3) is 4.31. The normalized spacial score (nSPS) is 15.5. The quantitative estimate of drug-likeness (QED) is 0.199. The summed E-state index contributed by atoms with van der Waals surface area (Å²) < 4.78 is 0. The molecular weight excluding hydrogens is 506 g/mol. The smallest absolute Gasteiger partial charge is 0.0531 e. The molecule has 0 atom stereocenters. The second kappa shape index (κ2) is 9.88. The predicted molar refractivity (Wildman–Crippen MR) is 182 cm³/mol. The van der Waals surface area contributed by atoms with Gasteiger partial charge in [0.15, 0.2) is 0 Å². The number of benzene rings is 6. The highest BCUT2D eigenvalue weighted by Crippen LogP contribution is 2.53. The van der Waals surface area contributed by atoms with E-state index < -0.39 is 0 Å². The molecule has 7 rings (SSSR count). The van der Waals surface area contributed by atoms with Crippen LogP contribution in [0.25, 0.3) is 32.7 Å². The lowest BCUT2D eigenvalue weighted by molar-refractivity contribution is 0.332. The van der Waals surface area contributed by atoms with E-state index in [0.29, 0.717) is 0 Å². The zero-order chi connectivity index (χ0) is 29.1. The van der Waals surface area contributed by atoms with Gasteiger partial charge >= 0.3 is 0 Å². The van der Waals surface area contributed by atoms with E-state index in [-0.39, 0.29) is 10.8 Å². The van der Waals surface area contributed by atoms with Crippen LogP contribution in [-0.4, -0.2) is 0 Å². The first-order valence-corrected chi connectivity index (χ1v) is 15.3. The molecule has 0 bridgehead atoms. The highest BCUT2D eigenvalue weighted by atomic mass is 15.1. The summed E-state index contributed by atoms with van der Waals surface area (Å²) in [5.74, 6) is 0. The number of aryl methyl sites for hydroxylation is 1. The largest absolute Gasteiger partial charge is 0.310 e. The van der Waals surface area contributed by atoms with Gasteiger partial charge in [0.05, 0.1) is 5.69 Å². The van der Waals surface area contributed by atoms with Crippen molar-refractivity contribution in [1.82, 2.24) is 0 Å². The molecule has 0 radical (unpaired) electrons. The van der Waals surface area contributed by atoms with Gasteiger partial charge in [-0.05, 0) is 110 Å². The molecule has 1 aliphatic rings. The maximum Gasteiger partial charge on any atom is 0.0531 e. The Balaban J connectivity index is 1.43. The van der Waals surface area contributed by atoms with Gasteiger partial charge in [-0.25, -0.2) is 0 Å². The molecule has 6 aromatic rings. The number of hydrogen-bond donors (Lipinski definition) is 0. The van der Waals surface area contributed by atoms with Crippen molar-refractivity contribution in [2.45, 2.75) is 58.3 Å². The van der Waals surface area contributed by atoms with Crippen molar-refractivity contribution in [2.24, 2.45) is 0 Å². The Morgan fingerprint density at radius 1 is 0.548 bits per heavy atom. The Morgan fingerprint density at radius 3 is 1.88 bits per heavy atom. The summed E-state index contributed by atoms with van der Waals surface area (Å²) in [4.78, 5) is 2.50. The minimum absolute atomic E-state index is 0.0865. The number of rotatable bonds is 4. The van der Waals surface area contributed by atoms with Crippen LogP contribution < -0.4 is 4.90 Å². The van der Waals surface area contributed by atoms with E-state index in [2.05, 4.69) is 161 Å². The summed E-state index contributed by atoms with van der Waals surface area (Å²) in [7, 11) is 0. The van der Waals surface area contributed by atoms with Gasteiger partial charge in [0.2, 0.25) is 0 Å². The molecule has 1 nitrogen and oxygen atoms in total. The molecule has 0 N–H and O–H groups in total. The van der Waals surface area contributed by atoms with Gasteiger partial charge in [-0.2, -0.15) is 0 Å². The summed E-state index contributed by atoms with van der Waals surface area (Å²) in [5, 5.41) is 5.17. The minimum Gasteiger partial charge on any atom is -0.310 e. The van der Waals surface area contributed by atoms with Crippen LogP contribution in [0.3, 0.4) is 0 Å². The van der Waals surface area contributed by atoms with Gasteiger partial charge in [-0.15, -0.1) is 0 Å². The fraction of sp³-hybridized carbons (Fsp3) is 0.220. The molecule has 1 heteroatoms. The third-order valence-electron chi connectivity index (χ3n) is 9.60. The molecular formula is C41H39N. The predicted octanol–water partition coefficient (Wildman–Crippen LogP) is 11.8. The number of nitrogens with zero attached hydrogens (tertiary/aromatic N) is 1. The molecule has 0 unspecified atom stereocenters. The Bertz CT molecular complexity index is 1930. The van der Waals surface area contributed by atoms with Crippen molar-refractivity contribution in [3.05, 3.63) is 138 Å². The topological polar surface area (TPSA) is 3.24 Å². The van der Waals surface area contributed by atoms with E-state index in [1.54, 1.807) is 0 Å². The van der Waals surface area contributed by atoms with Crippen molar-refractivity contribution in [1.29, 1.82) is 0 Å². The van der Waals surface area contributed by atoms with Gasteiger partial charge in [-0.3, -0.25) is 0 Å². The summed E-state index contributed by atoms with van der Waals surface area (Å²) in [6, 6.07) is 44.7. The third-order valence-corrected chi connectivity index (χ3v) is 9.60. The molecule has 208 valence electrons. The fourth-order valence-corrected chi connectivity index (χ4v) is 7.18. The van der Waals surface area contributed by atoms with Gasteiger partial charge in [0, 0.05) is 11.4 Å². The number of hydrogen-bond acceptors (Lipinski definition) is 1. The Morgan fingerprint density at radius 2 is 1.14 bits per heavy atom. The molecule has 0 saturated carbocycles. The summed E-state index contributed by atoms with van der Waals surface area (Å²) >= 11 is 0. The molecule has 0 aliphatic heterocycles. The Kier molecular flexibility index (Phi) is 6.24. The van der Waals surface area contributed by atoms with Crippen LogP contribution in [0.15, 0.2) is 121 Å². The van der Waals surface area contributed by atoms with Crippen LogP contribution in [0.2, 0.25) is 0 Å². The van der Waals surface area contributed by atoms with Gasteiger partial charge in [0.1, 0.15) is 0 Å². The van der Waals surface area contributed by atoms with Gasteiger partial charge in [-0.1, -0.05) is 119 Å². The first-order chi connectivity index (χ1) is 20.2. The Hall–Kier alpha value is -4.36. The lowest BCUT2D eigenvalue weighted by atomic mass is 9.62. The molecule has 0 fully saturated rings. The van der Waals surface area contributed by atoms with E-state index >= 15 is 0 Å². The van der Waals surface area contributed by atoms with Crippen LogP contribution in [0.1, 0.15) is 57.2 Å². The number of fused-ring (bicyclic) bond motifs is 4.